The molecule has 3 nitrogen and oxygen atoms in total. The molecule has 0 aromatic carbocycles. The van der Waals surface area contributed by atoms with Gasteiger partial charge in [0.25, 0.3) is 0 Å². The van der Waals surface area contributed by atoms with E-state index < -0.39 is 0 Å². The zero-order valence-corrected chi connectivity index (χ0v) is 15.9. The summed E-state index contributed by atoms with van der Waals surface area (Å²) >= 11 is 6.21. The van der Waals surface area contributed by atoms with Crippen molar-refractivity contribution in [2.45, 2.75) is 39.5 Å². The minimum Gasteiger partial charge on any atom is -0.461 e. The summed E-state index contributed by atoms with van der Waals surface area (Å²) in [6, 6.07) is 1.76. The SMILES string of the molecule is CCCCC(CC)COC(=O)c1cc2c(C=O)sc(Br)c2s1. The quantitative estimate of drug-likeness (QED) is 0.406. The van der Waals surface area contributed by atoms with Crippen molar-refractivity contribution in [3.8, 4) is 0 Å². The van der Waals surface area contributed by atoms with Crippen LogP contribution in [0.15, 0.2) is 9.85 Å². The summed E-state index contributed by atoms with van der Waals surface area (Å²) in [5.41, 5.74) is 0. The Hall–Kier alpha value is -0.720. The van der Waals surface area contributed by atoms with Crippen LogP contribution in [0.25, 0.3) is 10.1 Å². The molecule has 0 aliphatic heterocycles. The van der Waals surface area contributed by atoms with Crippen molar-refractivity contribution in [1.82, 2.24) is 0 Å². The van der Waals surface area contributed by atoms with Gasteiger partial charge in [-0.2, -0.15) is 0 Å². The first-order valence-electron chi connectivity index (χ1n) is 7.44. The van der Waals surface area contributed by atoms with Crippen molar-refractivity contribution >= 4 is 60.9 Å². The van der Waals surface area contributed by atoms with Crippen molar-refractivity contribution in [3.63, 3.8) is 0 Å². The highest BCUT2D eigenvalue weighted by Gasteiger charge is 2.19. The number of halogens is 1. The second-order valence-electron chi connectivity index (χ2n) is 5.23. The molecule has 0 aliphatic rings. The van der Waals surface area contributed by atoms with Crippen LogP contribution in [0.1, 0.15) is 58.9 Å². The van der Waals surface area contributed by atoms with Gasteiger partial charge in [0, 0.05) is 5.39 Å². The molecule has 1 unspecified atom stereocenters. The predicted molar refractivity (Wildman–Crippen MR) is 96.4 cm³/mol. The van der Waals surface area contributed by atoms with Gasteiger partial charge in [0.15, 0.2) is 6.29 Å². The van der Waals surface area contributed by atoms with E-state index in [1.165, 1.54) is 29.1 Å². The number of thiophene rings is 2. The van der Waals surface area contributed by atoms with Crippen molar-refractivity contribution < 1.29 is 14.3 Å². The number of rotatable bonds is 8. The number of ether oxygens (including phenoxy) is 1. The van der Waals surface area contributed by atoms with Gasteiger partial charge in [-0.05, 0) is 34.3 Å². The molecule has 22 heavy (non-hydrogen) atoms. The molecule has 0 fully saturated rings. The van der Waals surface area contributed by atoms with E-state index in [0.717, 1.165) is 39.4 Å². The largest absolute Gasteiger partial charge is 0.461 e. The Morgan fingerprint density at radius 1 is 1.41 bits per heavy atom. The van der Waals surface area contributed by atoms with Crippen LogP contribution in [-0.4, -0.2) is 18.9 Å². The van der Waals surface area contributed by atoms with E-state index in [9.17, 15) is 9.59 Å². The van der Waals surface area contributed by atoms with Gasteiger partial charge in [-0.15, -0.1) is 22.7 Å². The average Bonchev–Trinajstić information content (AvgIpc) is 3.08. The van der Waals surface area contributed by atoms with E-state index >= 15 is 0 Å². The number of hydrogen-bond acceptors (Lipinski definition) is 5. The lowest BCUT2D eigenvalue weighted by Crippen LogP contribution is -2.13. The van der Waals surface area contributed by atoms with Gasteiger partial charge in [0.2, 0.25) is 0 Å². The van der Waals surface area contributed by atoms with E-state index in [4.69, 9.17) is 4.74 Å². The Bertz CT molecular complexity index is 660. The topological polar surface area (TPSA) is 43.4 Å². The molecule has 2 heterocycles. The van der Waals surface area contributed by atoms with Gasteiger partial charge < -0.3 is 4.74 Å². The summed E-state index contributed by atoms with van der Waals surface area (Å²) in [6.07, 6.45) is 5.28. The van der Waals surface area contributed by atoms with E-state index in [1.807, 2.05) is 0 Å². The van der Waals surface area contributed by atoms with Crippen LogP contribution in [0.3, 0.4) is 0 Å². The number of aldehydes is 1. The summed E-state index contributed by atoms with van der Waals surface area (Å²) in [6.45, 7) is 4.77. The summed E-state index contributed by atoms with van der Waals surface area (Å²) in [7, 11) is 0. The monoisotopic (exact) mass is 402 g/mol. The highest BCUT2D eigenvalue weighted by molar-refractivity contribution is 9.11. The van der Waals surface area contributed by atoms with Gasteiger partial charge in [-0.3, -0.25) is 4.79 Å². The fourth-order valence-corrected chi connectivity index (χ4v) is 5.18. The first kappa shape index (κ1) is 17.6. The molecule has 0 N–H and O–H groups in total. The van der Waals surface area contributed by atoms with Crippen LogP contribution in [0.4, 0.5) is 0 Å². The summed E-state index contributed by atoms with van der Waals surface area (Å²) in [5, 5.41) is 0.835. The van der Waals surface area contributed by atoms with Gasteiger partial charge in [-0.1, -0.05) is 33.1 Å². The van der Waals surface area contributed by atoms with Crippen molar-refractivity contribution in [2.24, 2.45) is 5.92 Å². The molecule has 0 amide bonds. The molecule has 1 atom stereocenters. The third-order valence-electron chi connectivity index (χ3n) is 3.68. The van der Waals surface area contributed by atoms with Crippen LogP contribution in [-0.2, 0) is 4.74 Å². The molecule has 2 aromatic rings. The van der Waals surface area contributed by atoms with Gasteiger partial charge in [0.1, 0.15) is 4.88 Å². The number of carbonyl (C=O) groups is 2. The predicted octanol–water partition coefficient (Wildman–Crippen LogP) is 5.91. The normalized spacial score (nSPS) is 12.5. The highest BCUT2D eigenvalue weighted by atomic mass is 79.9. The molecule has 6 heteroatoms. The molecule has 2 aromatic heterocycles. The van der Waals surface area contributed by atoms with Crippen LogP contribution in [0, 0.1) is 5.92 Å². The first-order chi connectivity index (χ1) is 10.6. The highest BCUT2D eigenvalue weighted by Crippen LogP contribution is 2.40. The van der Waals surface area contributed by atoms with Crippen molar-refractivity contribution in [2.75, 3.05) is 6.61 Å². The van der Waals surface area contributed by atoms with Crippen LogP contribution in [0.2, 0.25) is 0 Å². The van der Waals surface area contributed by atoms with Crippen molar-refractivity contribution in [3.05, 3.63) is 19.6 Å². The lowest BCUT2D eigenvalue weighted by atomic mass is 10.0. The van der Waals surface area contributed by atoms with E-state index in [0.29, 0.717) is 22.3 Å². The third-order valence-corrected chi connectivity index (χ3v) is 7.00. The van der Waals surface area contributed by atoms with Crippen LogP contribution in [0.5, 0.6) is 0 Å². The second kappa shape index (κ2) is 8.22. The maximum absolute atomic E-state index is 12.2. The van der Waals surface area contributed by atoms with Gasteiger partial charge in [0.05, 0.1) is 20.0 Å². The lowest BCUT2D eigenvalue weighted by molar-refractivity contribution is 0.0434. The number of fused-ring (bicyclic) bond motifs is 1. The zero-order valence-electron chi connectivity index (χ0n) is 12.7. The zero-order chi connectivity index (χ0) is 16.1. The molecule has 0 radical (unpaired) electrons. The molecule has 120 valence electrons. The average molecular weight is 403 g/mol. The maximum atomic E-state index is 12.2. The second-order valence-corrected chi connectivity index (χ2v) is 8.65. The Balaban J connectivity index is 2.05. The fraction of sp³-hybridized carbons (Fsp3) is 0.500. The maximum Gasteiger partial charge on any atom is 0.348 e. The molecular formula is C16H19BrO3S2. The van der Waals surface area contributed by atoms with Crippen LogP contribution >= 0.6 is 38.6 Å². The Morgan fingerprint density at radius 3 is 2.82 bits per heavy atom. The smallest absolute Gasteiger partial charge is 0.348 e. The van der Waals surface area contributed by atoms with E-state index in [-0.39, 0.29) is 5.97 Å². The Morgan fingerprint density at radius 2 is 2.18 bits per heavy atom. The van der Waals surface area contributed by atoms with E-state index in [1.54, 1.807) is 6.07 Å². The van der Waals surface area contributed by atoms with Gasteiger partial charge in [-0.25, -0.2) is 4.79 Å². The molecule has 0 saturated carbocycles. The van der Waals surface area contributed by atoms with E-state index in [2.05, 4.69) is 29.8 Å². The lowest BCUT2D eigenvalue weighted by Gasteiger charge is -2.14. The molecule has 0 aliphatic carbocycles. The van der Waals surface area contributed by atoms with Gasteiger partial charge >= 0.3 is 5.97 Å². The molecule has 2 rings (SSSR count). The Labute approximate surface area is 146 Å². The fourth-order valence-electron chi connectivity index (χ4n) is 2.27. The molecule has 0 saturated heterocycles. The number of hydrogen-bond donors (Lipinski definition) is 0. The Kier molecular flexibility index (Phi) is 6.59. The third kappa shape index (κ3) is 3.97. The van der Waals surface area contributed by atoms with Crippen molar-refractivity contribution in [1.29, 1.82) is 0 Å². The molecular weight excluding hydrogens is 384 g/mol. The summed E-state index contributed by atoms with van der Waals surface area (Å²) in [4.78, 5) is 24.5. The van der Waals surface area contributed by atoms with Crippen LogP contribution < -0.4 is 0 Å². The minimum absolute atomic E-state index is 0.287. The summed E-state index contributed by atoms with van der Waals surface area (Å²) < 4.78 is 7.30. The number of carbonyl (C=O) groups excluding carboxylic acids is 2. The standard InChI is InChI=1S/C16H19BrO3S2/c1-3-5-6-10(4-2)9-20-16(19)12-7-11-13(8-18)22-15(17)14(11)21-12/h7-8,10H,3-6,9H2,1-2H3. The minimum atomic E-state index is -0.287. The first-order valence-corrected chi connectivity index (χ1v) is 9.87. The summed E-state index contributed by atoms with van der Waals surface area (Å²) in [5.74, 6) is 0.145. The molecule has 0 spiro atoms. The molecule has 0 bridgehead atoms. The number of unbranched alkanes of at least 4 members (excludes halogenated alkanes) is 1. The number of esters is 1.